The van der Waals surface area contributed by atoms with Gasteiger partial charge in [0, 0.05) is 35.9 Å². The van der Waals surface area contributed by atoms with Crippen LogP contribution in [0.1, 0.15) is 12.8 Å². The number of piperidine rings is 1. The zero-order chi connectivity index (χ0) is 19.7. The van der Waals surface area contributed by atoms with Crippen molar-refractivity contribution in [3.8, 4) is 11.4 Å². The summed E-state index contributed by atoms with van der Waals surface area (Å²) < 4.78 is 14.3. The number of likely N-dealkylation sites (tertiary alicyclic amines) is 1. The molecule has 0 amide bonds. The van der Waals surface area contributed by atoms with Crippen LogP contribution in [0.3, 0.4) is 0 Å². The van der Waals surface area contributed by atoms with E-state index in [0.717, 1.165) is 24.4 Å². The van der Waals surface area contributed by atoms with Crippen molar-refractivity contribution in [1.29, 1.82) is 0 Å². The highest BCUT2D eigenvalue weighted by atomic mass is 35.5. The van der Waals surface area contributed by atoms with Crippen molar-refractivity contribution in [3.63, 3.8) is 0 Å². The quantitative estimate of drug-likeness (QED) is 0.600. The normalized spacial score (nSPS) is 17.7. The van der Waals surface area contributed by atoms with Gasteiger partial charge in [0.15, 0.2) is 17.5 Å². The van der Waals surface area contributed by atoms with Gasteiger partial charge < -0.3 is 15.4 Å². The predicted molar refractivity (Wildman–Crippen MR) is 103 cm³/mol. The molecule has 0 radical (unpaired) electrons. The summed E-state index contributed by atoms with van der Waals surface area (Å²) in [6.45, 7) is 1.20. The van der Waals surface area contributed by atoms with Gasteiger partial charge in [0.2, 0.25) is 0 Å². The lowest BCUT2D eigenvalue weighted by molar-refractivity contribution is -0.138. The standard InChI is InChI=1S/C18H18ClFN6O2/c19-10-4-12-13(6-22-16(12)21-5-10)17-23-7-14(20)18(25-17)24-11-2-1-3-26(8-11)9-15(27)28/h4-7,11H,1-3,8-9H2,(H,21,22)(H,27,28)(H,23,24,25). The highest BCUT2D eigenvalue weighted by molar-refractivity contribution is 6.31. The van der Waals surface area contributed by atoms with E-state index in [-0.39, 0.29) is 18.4 Å². The maximum Gasteiger partial charge on any atom is 0.317 e. The Bertz CT molecular complexity index is 1030. The molecule has 1 aliphatic rings. The third kappa shape index (κ3) is 3.90. The Morgan fingerprint density at radius 3 is 3.11 bits per heavy atom. The van der Waals surface area contributed by atoms with Crippen molar-refractivity contribution in [2.45, 2.75) is 18.9 Å². The van der Waals surface area contributed by atoms with E-state index >= 15 is 0 Å². The molecule has 10 heteroatoms. The Morgan fingerprint density at radius 2 is 2.29 bits per heavy atom. The molecule has 0 spiro atoms. The molecule has 4 rings (SSSR count). The van der Waals surface area contributed by atoms with E-state index in [0.29, 0.717) is 35.1 Å². The van der Waals surface area contributed by atoms with Crippen LogP contribution in [0.25, 0.3) is 22.4 Å². The minimum Gasteiger partial charge on any atom is -0.480 e. The number of fused-ring (bicyclic) bond motifs is 1. The van der Waals surface area contributed by atoms with E-state index in [1.165, 1.54) is 6.20 Å². The Kier molecular flexibility index (Phi) is 5.10. The first-order chi connectivity index (χ1) is 13.5. The van der Waals surface area contributed by atoms with E-state index in [1.807, 2.05) is 4.90 Å². The maximum absolute atomic E-state index is 14.3. The number of nitrogens with one attached hydrogen (secondary N) is 2. The van der Waals surface area contributed by atoms with Crippen molar-refractivity contribution in [2.75, 3.05) is 25.0 Å². The number of aromatic nitrogens is 4. The number of nitrogens with zero attached hydrogens (tertiary/aromatic N) is 4. The predicted octanol–water partition coefficient (Wildman–Crippen LogP) is 2.77. The van der Waals surface area contributed by atoms with Gasteiger partial charge >= 0.3 is 5.97 Å². The van der Waals surface area contributed by atoms with E-state index in [2.05, 4.69) is 25.3 Å². The van der Waals surface area contributed by atoms with Crippen LogP contribution in [0.15, 0.2) is 24.7 Å². The number of carbonyl (C=O) groups is 1. The van der Waals surface area contributed by atoms with E-state index in [4.69, 9.17) is 16.7 Å². The van der Waals surface area contributed by atoms with Crippen LogP contribution < -0.4 is 5.32 Å². The molecule has 1 atom stereocenters. The number of rotatable bonds is 5. The molecule has 146 valence electrons. The minimum absolute atomic E-state index is 0.0290. The molecule has 0 bridgehead atoms. The van der Waals surface area contributed by atoms with Gasteiger partial charge in [-0.1, -0.05) is 11.6 Å². The van der Waals surface area contributed by atoms with Crippen molar-refractivity contribution in [1.82, 2.24) is 24.8 Å². The first-order valence-corrected chi connectivity index (χ1v) is 9.23. The fraction of sp³-hybridized carbons (Fsp3) is 0.333. The third-order valence-corrected chi connectivity index (χ3v) is 4.89. The lowest BCUT2D eigenvalue weighted by Crippen LogP contribution is -2.44. The number of pyridine rings is 1. The second-order valence-electron chi connectivity index (χ2n) is 6.75. The third-order valence-electron chi connectivity index (χ3n) is 4.69. The van der Waals surface area contributed by atoms with Gasteiger partial charge in [-0.25, -0.2) is 19.3 Å². The summed E-state index contributed by atoms with van der Waals surface area (Å²) in [5.74, 6) is -0.994. The molecule has 1 fully saturated rings. The van der Waals surface area contributed by atoms with Crippen LogP contribution in [0.5, 0.6) is 0 Å². The Hall–Kier alpha value is -2.78. The molecule has 4 heterocycles. The number of anilines is 1. The molecule has 1 unspecified atom stereocenters. The lowest BCUT2D eigenvalue weighted by Gasteiger charge is -2.32. The van der Waals surface area contributed by atoms with Crippen LogP contribution in [-0.2, 0) is 4.79 Å². The van der Waals surface area contributed by atoms with Crippen LogP contribution >= 0.6 is 11.6 Å². The number of carboxylic acid groups (broad SMARTS) is 1. The molecule has 0 aliphatic carbocycles. The summed E-state index contributed by atoms with van der Waals surface area (Å²) in [7, 11) is 0. The molecule has 1 aliphatic heterocycles. The second-order valence-corrected chi connectivity index (χ2v) is 7.19. The number of aliphatic carboxylic acids is 1. The monoisotopic (exact) mass is 404 g/mol. The average molecular weight is 405 g/mol. The highest BCUT2D eigenvalue weighted by Gasteiger charge is 2.23. The smallest absolute Gasteiger partial charge is 0.317 e. The SMILES string of the molecule is O=C(O)CN1CCCC(Nc2nc(-c3c[nH]c4ncc(Cl)cc34)ncc2F)C1. The molecule has 3 aromatic rings. The van der Waals surface area contributed by atoms with Gasteiger partial charge in [-0.15, -0.1) is 0 Å². The summed E-state index contributed by atoms with van der Waals surface area (Å²) in [5, 5.41) is 13.3. The molecule has 28 heavy (non-hydrogen) atoms. The summed E-state index contributed by atoms with van der Waals surface area (Å²) in [4.78, 5) is 28.5. The number of carboxylic acids is 1. The molecule has 8 nitrogen and oxygen atoms in total. The van der Waals surface area contributed by atoms with Crippen molar-refractivity contribution in [3.05, 3.63) is 35.5 Å². The van der Waals surface area contributed by atoms with Crippen molar-refractivity contribution in [2.24, 2.45) is 0 Å². The molecule has 0 saturated carbocycles. The van der Waals surface area contributed by atoms with Crippen molar-refractivity contribution < 1.29 is 14.3 Å². The fourth-order valence-corrected chi connectivity index (χ4v) is 3.62. The van der Waals surface area contributed by atoms with Gasteiger partial charge in [0.1, 0.15) is 5.65 Å². The molecule has 1 saturated heterocycles. The summed E-state index contributed by atoms with van der Waals surface area (Å²) in [5.41, 5.74) is 1.31. The fourth-order valence-electron chi connectivity index (χ4n) is 3.46. The van der Waals surface area contributed by atoms with E-state index in [9.17, 15) is 9.18 Å². The van der Waals surface area contributed by atoms with Gasteiger partial charge in [-0.2, -0.15) is 0 Å². The number of hydrogen-bond acceptors (Lipinski definition) is 6. The van der Waals surface area contributed by atoms with E-state index in [1.54, 1.807) is 12.3 Å². The zero-order valence-corrected chi connectivity index (χ0v) is 15.6. The Balaban J connectivity index is 1.59. The molecule has 3 N–H and O–H groups in total. The zero-order valence-electron chi connectivity index (χ0n) is 14.8. The average Bonchev–Trinajstić information content (AvgIpc) is 3.06. The highest BCUT2D eigenvalue weighted by Crippen LogP contribution is 2.28. The Labute approximate surface area is 164 Å². The minimum atomic E-state index is -0.872. The van der Waals surface area contributed by atoms with Gasteiger partial charge in [-0.05, 0) is 25.5 Å². The first kappa shape index (κ1) is 18.6. The Morgan fingerprint density at radius 1 is 1.43 bits per heavy atom. The van der Waals surface area contributed by atoms with Crippen LogP contribution in [0, 0.1) is 5.82 Å². The van der Waals surface area contributed by atoms with Gasteiger partial charge in [0.25, 0.3) is 0 Å². The lowest BCUT2D eigenvalue weighted by atomic mass is 10.1. The van der Waals surface area contributed by atoms with Crippen LogP contribution in [0.2, 0.25) is 5.02 Å². The topological polar surface area (TPSA) is 107 Å². The van der Waals surface area contributed by atoms with Gasteiger partial charge in [-0.3, -0.25) is 9.69 Å². The second kappa shape index (κ2) is 7.69. The van der Waals surface area contributed by atoms with Gasteiger partial charge in [0.05, 0.1) is 17.8 Å². The molecule has 0 aromatic carbocycles. The molecular formula is C18H18ClFN6O2. The van der Waals surface area contributed by atoms with Crippen LogP contribution in [-0.4, -0.2) is 61.6 Å². The van der Waals surface area contributed by atoms with Crippen LogP contribution in [0.4, 0.5) is 10.2 Å². The summed E-state index contributed by atoms with van der Waals surface area (Å²) >= 11 is 6.03. The largest absolute Gasteiger partial charge is 0.480 e. The van der Waals surface area contributed by atoms with E-state index < -0.39 is 11.8 Å². The first-order valence-electron chi connectivity index (χ1n) is 8.86. The molecular weight excluding hydrogens is 387 g/mol. The summed E-state index contributed by atoms with van der Waals surface area (Å²) in [6, 6.07) is 1.66. The summed E-state index contributed by atoms with van der Waals surface area (Å²) in [6.07, 6.45) is 6.01. The number of halogens is 2. The number of aromatic amines is 1. The maximum atomic E-state index is 14.3. The van der Waals surface area contributed by atoms with Crippen molar-refractivity contribution >= 4 is 34.4 Å². The molecule has 3 aromatic heterocycles. The number of H-pyrrole nitrogens is 1. The number of hydrogen-bond donors (Lipinski definition) is 3.